The van der Waals surface area contributed by atoms with Crippen LogP contribution in [0.5, 0.6) is 0 Å². The third kappa shape index (κ3) is 19.8. The minimum Gasteiger partial charge on any atom is -0.633 e. The molecule has 0 fully saturated rings. The molecule has 0 radical (unpaired) electrons. The summed E-state index contributed by atoms with van der Waals surface area (Å²) in [6, 6.07) is 0. The van der Waals surface area contributed by atoms with Crippen molar-refractivity contribution < 1.29 is 9.75 Å². The number of aliphatic hydroxyl groups excluding tert-OH is 1. The Morgan fingerprint density at radius 1 is 0.680 bits per heavy atom. The number of rotatable bonds is 19. The summed E-state index contributed by atoms with van der Waals surface area (Å²) in [7, 11) is 1.66. The number of aliphatic hydroxyl groups is 1. The van der Waals surface area contributed by atoms with E-state index in [0.717, 1.165) is 12.8 Å². The van der Waals surface area contributed by atoms with Gasteiger partial charge in [-0.2, -0.15) is 0 Å². The molecule has 0 saturated heterocycles. The van der Waals surface area contributed by atoms with Gasteiger partial charge in [0.25, 0.3) is 0 Å². The van der Waals surface area contributed by atoms with Crippen LogP contribution in [0.15, 0.2) is 12.2 Å². The van der Waals surface area contributed by atoms with Gasteiger partial charge in [0, 0.05) is 0 Å². The minimum absolute atomic E-state index is 0.00654. The van der Waals surface area contributed by atoms with Crippen molar-refractivity contribution in [3.05, 3.63) is 17.4 Å². The van der Waals surface area contributed by atoms with Crippen molar-refractivity contribution >= 4 is 0 Å². The highest BCUT2D eigenvalue weighted by Gasteiger charge is 2.07. The average Bonchev–Trinajstić information content (AvgIpc) is 2.57. The van der Waals surface area contributed by atoms with Gasteiger partial charge in [0.15, 0.2) is 0 Å². The average molecular weight is 356 g/mol. The fourth-order valence-corrected chi connectivity index (χ4v) is 3.19. The Morgan fingerprint density at radius 2 is 1.12 bits per heavy atom. The maximum Gasteiger partial charge on any atom is 0.102 e. The van der Waals surface area contributed by atoms with Gasteiger partial charge in [0.2, 0.25) is 0 Å². The summed E-state index contributed by atoms with van der Waals surface area (Å²) in [5, 5.41) is 20.7. The van der Waals surface area contributed by atoms with Crippen LogP contribution < -0.4 is 0 Å². The van der Waals surface area contributed by atoms with E-state index in [9.17, 15) is 5.21 Å². The van der Waals surface area contributed by atoms with E-state index < -0.39 is 0 Å². The Bertz CT molecular complexity index is 290. The number of unbranched alkanes of at least 4 members (excludes halogenated alkanes) is 13. The summed E-state index contributed by atoms with van der Waals surface area (Å²) < 4.78 is -0.290. The molecule has 3 nitrogen and oxygen atoms in total. The van der Waals surface area contributed by atoms with Crippen LogP contribution in [0.2, 0.25) is 0 Å². The molecule has 150 valence electrons. The SMILES string of the molecule is CCCCCCCC/C=C\CCCCCCCCC[N+](C)([O-])CCO. The van der Waals surface area contributed by atoms with E-state index in [1.54, 1.807) is 7.05 Å². The fourth-order valence-electron chi connectivity index (χ4n) is 3.19. The van der Waals surface area contributed by atoms with Gasteiger partial charge in [-0.05, 0) is 38.5 Å². The summed E-state index contributed by atoms with van der Waals surface area (Å²) in [4.78, 5) is 0. The number of quaternary nitrogens is 1. The third-order valence-corrected chi connectivity index (χ3v) is 4.97. The maximum atomic E-state index is 11.8. The molecule has 0 aromatic rings. The Hall–Kier alpha value is -0.380. The van der Waals surface area contributed by atoms with Crippen LogP contribution in [0.25, 0.3) is 0 Å². The van der Waals surface area contributed by atoms with Crippen molar-refractivity contribution in [2.24, 2.45) is 0 Å². The second-order valence-electron chi connectivity index (χ2n) is 7.76. The van der Waals surface area contributed by atoms with Gasteiger partial charge in [0.05, 0.1) is 20.2 Å². The van der Waals surface area contributed by atoms with Crippen molar-refractivity contribution in [1.82, 2.24) is 0 Å². The zero-order valence-corrected chi connectivity index (χ0v) is 17.2. The summed E-state index contributed by atoms with van der Waals surface area (Å²) >= 11 is 0. The van der Waals surface area contributed by atoms with Crippen LogP contribution in [0.1, 0.15) is 103 Å². The number of hydrogen-bond donors (Lipinski definition) is 1. The van der Waals surface area contributed by atoms with Gasteiger partial charge in [-0.25, -0.2) is 0 Å². The number of hydroxylamine groups is 3. The largest absolute Gasteiger partial charge is 0.633 e. The molecule has 1 atom stereocenters. The molecule has 1 unspecified atom stereocenters. The summed E-state index contributed by atoms with van der Waals surface area (Å²) in [5.41, 5.74) is 0. The third-order valence-electron chi connectivity index (χ3n) is 4.97. The Morgan fingerprint density at radius 3 is 1.60 bits per heavy atom. The van der Waals surface area contributed by atoms with E-state index >= 15 is 0 Å². The second kappa shape index (κ2) is 18.4. The van der Waals surface area contributed by atoms with Gasteiger partial charge >= 0.3 is 0 Å². The monoisotopic (exact) mass is 355 g/mol. The molecule has 25 heavy (non-hydrogen) atoms. The van der Waals surface area contributed by atoms with E-state index in [1.165, 1.54) is 83.5 Å². The van der Waals surface area contributed by atoms with Crippen LogP contribution in [0.3, 0.4) is 0 Å². The first-order valence-corrected chi connectivity index (χ1v) is 10.9. The molecule has 0 spiro atoms. The molecule has 0 aliphatic carbocycles. The first-order valence-electron chi connectivity index (χ1n) is 10.9. The van der Waals surface area contributed by atoms with Crippen LogP contribution in [-0.4, -0.2) is 36.5 Å². The smallest absolute Gasteiger partial charge is 0.102 e. The van der Waals surface area contributed by atoms with Gasteiger partial charge in [-0.1, -0.05) is 76.9 Å². The summed E-state index contributed by atoms with van der Waals surface area (Å²) in [6.07, 6.45) is 24.2. The van der Waals surface area contributed by atoms with Crippen LogP contribution >= 0.6 is 0 Å². The maximum absolute atomic E-state index is 11.8. The topological polar surface area (TPSA) is 43.3 Å². The molecule has 0 aliphatic heterocycles. The summed E-state index contributed by atoms with van der Waals surface area (Å²) in [5.74, 6) is 0. The van der Waals surface area contributed by atoms with Gasteiger partial charge in [0.1, 0.15) is 6.54 Å². The Kier molecular flexibility index (Phi) is 18.1. The molecule has 0 aliphatic rings. The predicted octanol–water partition coefficient (Wildman–Crippen LogP) is 6.35. The Labute approximate surface area is 157 Å². The molecule has 0 bridgehead atoms. The highest BCUT2D eigenvalue weighted by Crippen LogP contribution is 2.11. The summed E-state index contributed by atoms with van der Waals surface area (Å²) in [6.45, 7) is 3.23. The lowest BCUT2D eigenvalue weighted by atomic mass is 10.1. The van der Waals surface area contributed by atoms with Crippen molar-refractivity contribution in [2.75, 3.05) is 26.7 Å². The number of allylic oxidation sites excluding steroid dienone is 2. The van der Waals surface area contributed by atoms with Crippen LogP contribution in [0.4, 0.5) is 0 Å². The standard InChI is InChI=1S/C22H45NO2/c1-3-4-5-6-7-8-9-10-11-12-13-14-15-16-17-18-19-20-23(2,25)21-22-24/h10-11,24H,3-9,12-22H2,1-2H3/b11-10-. The van der Waals surface area contributed by atoms with Crippen molar-refractivity contribution in [3.8, 4) is 0 Å². The highest BCUT2D eigenvalue weighted by atomic mass is 16.5. The number of likely N-dealkylation sites (N-methyl/N-ethyl adjacent to an activating group) is 1. The molecule has 0 aromatic carbocycles. The van der Waals surface area contributed by atoms with E-state index in [-0.39, 0.29) is 11.3 Å². The van der Waals surface area contributed by atoms with Crippen molar-refractivity contribution in [2.45, 2.75) is 103 Å². The van der Waals surface area contributed by atoms with Crippen molar-refractivity contribution in [1.29, 1.82) is 0 Å². The van der Waals surface area contributed by atoms with E-state index in [1.807, 2.05) is 0 Å². The molecule has 0 saturated carbocycles. The fraction of sp³-hybridized carbons (Fsp3) is 0.909. The molecular weight excluding hydrogens is 310 g/mol. The highest BCUT2D eigenvalue weighted by molar-refractivity contribution is 4.81. The quantitative estimate of drug-likeness (QED) is 0.127. The molecule has 0 amide bonds. The predicted molar refractivity (Wildman–Crippen MR) is 110 cm³/mol. The zero-order chi connectivity index (χ0) is 18.6. The van der Waals surface area contributed by atoms with E-state index in [4.69, 9.17) is 5.11 Å². The first kappa shape index (κ1) is 24.6. The molecule has 0 rings (SSSR count). The van der Waals surface area contributed by atoms with Crippen molar-refractivity contribution in [3.63, 3.8) is 0 Å². The number of nitrogens with zero attached hydrogens (tertiary/aromatic N) is 1. The normalized spacial score (nSPS) is 14.2. The van der Waals surface area contributed by atoms with Gasteiger partial charge in [-0.3, -0.25) is 0 Å². The second-order valence-corrected chi connectivity index (χ2v) is 7.76. The molecule has 1 N–H and O–H groups in total. The first-order chi connectivity index (χ1) is 12.1. The lowest BCUT2D eigenvalue weighted by Crippen LogP contribution is -2.40. The Balaban J connectivity index is 3.19. The van der Waals surface area contributed by atoms with Crippen LogP contribution in [0, 0.1) is 5.21 Å². The van der Waals surface area contributed by atoms with E-state index in [2.05, 4.69) is 19.1 Å². The molecule has 0 aromatic heterocycles. The number of hydrogen-bond acceptors (Lipinski definition) is 2. The molecule has 0 heterocycles. The van der Waals surface area contributed by atoms with Gasteiger partial charge in [-0.15, -0.1) is 0 Å². The zero-order valence-electron chi connectivity index (χ0n) is 17.2. The minimum atomic E-state index is -0.290. The molecule has 3 heteroatoms. The van der Waals surface area contributed by atoms with Crippen LogP contribution in [-0.2, 0) is 0 Å². The lowest BCUT2D eigenvalue weighted by molar-refractivity contribution is -0.861. The van der Waals surface area contributed by atoms with Gasteiger partial charge < -0.3 is 15.0 Å². The van der Waals surface area contributed by atoms with E-state index in [0.29, 0.717) is 13.1 Å². The molecular formula is C22H45NO2. The lowest BCUT2D eigenvalue weighted by Gasteiger charge is -2.38.